The molecular weight excluding hydrogens is 376 g/mol. The van der Waals surface area contributed by atoms with Crippen LogP contribution in [-0.4, -0.2) is 79.8 Å². The second kappa shape index (κ2) is 9.92. The lowest BCUT2D eigenvalue weighted by atomic mass is 10.2. The second-order valence-corrected chi connectivity index (χ2v) is 6.75. The van der Waals surface area contributed by atoms with Crippen LogP contribution in [0.25, 0.3) is 0 Å². The first-order valence-electron chi connectivity index (χ1n) is 9.54. The fraction of sp³-hybridized carbons (Fsp3) is 0.450. The summed E-state index contributed by atoms with van der Waals surface area (Å²) in [6, 6.07) is 8.85. The van der Waals surface area contributed by atoms with Gasteiger partial charge in [0.25, 0.3) is 11.8 Å². The van der Waals surface area contributed by atoms with Crippen LogP contribution in [-0.2, 0) is 4.79 Å². The number of ether oxygens (including phenoxy) is 2. The van der Waals surface area contributed by atoms with Gasteiger partial charge in [0.2, 0.25) is 0 Å². The van der Waals surface area contributed by atoms with Gasteiger partial charge in [-0.05, 0) is 19.1 Å². The van der Waals surface area contributed by atoms with Gasteiger partial charge in [0.15, 0.2) is 23.8 Å². The van der Waals surface area contributed by atoms with Crippen molar-refractivity contribution in [2.24, 2.45) is 0 Å². The third-order valence-electron chi connectivity index (χ3n) is 4.68. The summed E-state index contributed by atoms with van der Waals surface area (Å²) >= 11 is 0. The molecule has 0 bridgehead atoms. The van der Waals surface area contributed by atoms with E-state index < -0.39 is 0 Å². The average Bonchev–Trinajstić information content (AvgIpc) is 3.18. The fourth-order valence-electron chi connectivity index (χ4n) is 3.09. The zero-order chi connectivity index (χ0) is 20.6. The van der Waals surface area contributed by atoms with Crippen LogP contribution < -0.4 is 14.8 Å². The number of hydrogen-bond acceptors (Lipinski definition) is 7. The number of methoxy groups -OCH3 is 1. The molecule has 0 aliphatic carbocycles. The summed E-state index contributed by atoms with van der Waals surface area (Å²) in [6.45, 7) is 5.66. The van der Waals surface area contributed by atoms with E-state index in [9.17, 15) is 9.59 Å². The molecule has 2 amide bonds. The SMILES string of the molecule is COc1ccccc1OCC(=O)NCCN1CCN(C(=O)c2cc(C)on2)CC1. The maximum absolute atomic E-state index is 12.4. The summed E-state index contributed by atoms with van der Waals surface area (Å²) < 4.78 is 15.7. The Hall–Kier alpha value is -3.07. The smallest absolute Gasteiger partial charge is 0.276 e. The number of piperazine rings is 1. The lowest BCUT2D eigenvalue weighted by Gasteiger charge is -2.34. The van der Waals surface area contributed by atoms with E-state index >= 15 is 0 Å². The molecule has 1 aromatic carbocycles. The minimum absolute atomic E-state index is 0.0697. The zero-order valence-electron chi connectivity index (χ0n) is 16.7. The first-order chi connectivity index (χ1) is 14.1. The predicted molar refractivity (Wildman–Crippen MR) is 105 cm³/mol. The molecule has 156 valence electrons. The van der Waals surface area contributed by atoms with E-state index in [2.05, 4.69) is 15.4 Å². The highest BCUT2D eigenvalue weighted by molar-refractivity contribution is 5.92. The van der Waals surface area contributed by atoms with Crippen molar-refractivity contribution < 1.29 is 23.6 Å². The molecule has 2 aromatic rings. The standard InChI is InChI=1S/C20H26N4O5/c1-15-13-16(22-29-15)20(26)24-11-9-23(10-12-24)8-7-21-19(25)14-28-18-6-4-3-5-17(18)27-2/h3-6,13H,7-12,14H2,1-2H3,(H,21,25). The van der Waals surface area contributed by atoms with E-state index in [0.717, 1.165) is 13.1 Å². The number of carbonyl (C=O) groups is 2. The van der Waals surface area contributed by atoms with Crippen LogP contribution >= 0.6 is 0 Å². The van der Waals surface area contributed by atoms with Crippen LogP contribution in [0.5, 0.6) is 11.5 Å². The molecular formula is C20H26N4O5. The lowest BCUT2D eigenvalue weighted by molar-refractivity contribution is -0.123. The number of rotatable bonds is 8. The van der Waals surface area contributed by atoms with Crippen LogP contribution in [0.15, 0.2) is 34.9 Å². The Bertz CT molecular complexity index is 830. The van der Waals surface area contributed by atoms with Crippen molar-refractivity contribution in [1.82, 2.24) is 20.3 Å². The number of benzene rings is 1. The van der Waals surface area contributed by atoms with Gasteiger partial charge in [0.05, 0.1) is 7.11 Å². The molecule has 1 saturated heterocycles. The summed E-state index contributed by atoms with van der Waals surface area (Å²) in [5.74, 6) is 1.45. The van der Waals surface area contributed by atoms with Gasteiger partial charge in [0.1, 0.15) is 5.76 Å². The predicted octanol–water partition coefficient (Wildman–Crippen LogP) is 0.945. The lowest BCUT2D eigenvalue weighted by Crippen LogP contribution is -2.50. The second-order valence-electron chi connectivity index (χ2n) is 6.75. The van der Waals surface area contributed by atoms with Crippen molar-refractivity contribution >= 4 is 11.8 Å². The van der Waals surface area contributed by atoms with Crippen molar-refractivity contribution in [2.45, 2.75) is 6.92 Å². The number of aromatic nitrogens is 1. The van der Waals surface area contributed by atoms with Crippen LogP contribution in [0.3, 0.4) is 0 Å². The maximum Gasteiger partial charge on any atom is 0.276 e. The van der Waals surface area contributed by atoms with Crippen LogP contribution in [0.4, 0.5) is 0 Å². The highest BCUT2D eigenvalue weighted by atomic mass is 16.5. The van der Waals surface area contributed by atoms with E-state index in [1.807, 2.05) is 12.1 Å². The summed E-state index contributed by atoms with van der Waals surface area (Å²) in [6.07, 6.45) is 0. The molecule has 9 nitrogen and oxygen atoms in total. The van der Waals surface area contributed by atoms with Gasteiger partial charge >= 0.3 is 0 Å². The molecule has 1 aliphatic heterocycles. The first-order valence-corrected chi connectivity index (χ1v) is 9.54. The quantitative estimate of drug-likeness (QED) is 0.702. The molecule has 1 aromatic heterocycles. The van der Waals surface area contributed by atoms with E-state index in [-0.39, 0.29) is 18.4 Å². The molecule has 0 atom stereocenters. The number of aryl methyl sites for hydroxylation is 1. The minimum atomic E-state index is -0.189. The van der Waals surface area contributed by atoms with Gasteiger partial charge in [-0.1, -0.05) is 17.3 Å². The van der Waals surface area contributed by atoms with Crippen molar-refractivity contribution in [3.63, 3.8) is 0 Å². The minimum Gasteiger partial charge on any atom is -0.493 e. The van der Waals surface area contributed by atoms with Gasteiger partial charge in [-0.15, -0.1) is 0 Å². The number of para-hydroxylation sites is 2. The van der Waals surface area contributed by atoms with Crippen molar-refractivity contribution in [3.05, 3.63) is 41.8 Å². The topological polar surface area (TPSA) is 97.1 Å². The Balaban J connectivity index is 1.33. The van der Waals surface area contributed by atoms with E-state index in [1.54, 1.807) is 37.1 Å². The highest BCUT2D eigenvalue weighted by Crippen LogP contribution is 2.25. The summed E-state index contributed by atoms with van der Waals surface area (Å²) in [7, 11) is 1.56. The molecule has 0 spiro atoms. The van der Waals surface area contributed by atoms with Gasteiger partial charge in [-0.25, -0.2) is 0 Å². The monoisotopic (exact) mass is 402 g/mol. The van der Waals surface area contributed by atoms with Crippen molar-refractivity contribution in [1.29, 1.82) is 0 Å². The molecule has 0 radical (unpaired) electrons. The molecule has 9 heteroatoms. The largest absolute Gasteiger partial charge is 0.493 e. The van der Waals surface area contributed by atoms with Gasteiger partial charge in [-0.2, -0.15) is 0 Å². The van der Waals surface area contributed by atoms with Crippen LogP contribution in [0.1, 0.15) is 16.2 Å². The number of nitrogens with zero attached hydrogens (tertiary/aromatic N) is 3. The van der Waals surface area contributed by atoms with Crippen molar-refractivity contribution in [2.75, 3.05) is 53.0 Å². The molecule has 1 aliphatic rings. The molecule has 1 fully saturated rings. The Morgan fingerprint density at radius 1 is 1.17 bits per heavy atom. The molecule has 2 heterocycles. The van der Waals surface area contributed by atoms with E-state index in [4.69, 9.17) is 14.0 Å². The Morgan fingerprint density at radius 3 is 2.55 bits per heavy atom. The van der Waals surface area contributed by atoms with Gasteiger partial charge in [0, 0.05) is 45.3 Å². The average molecular weight is 402 g/mol. The highest BCUT2D eigenvalue weighted by Gasteiger charge is 2.24. The Kier molecular flexibility index (Phi) is 7.07. The molecule has 29 heavy (non-hydrogen) atoms. The third-order valence-corrected chi connectivity index (χ3v) is 4.68. The maximum atomic E-state index is 12.4. The Morgan fingerprint density at radius 2 is 1.90 bits per heavy atom. The number of nitrogens with one attached hydrogen (secondary N) is 1. The molecule has 1 N–H and O–H groups in total. The molecule has 0 saturated carbocycles. The van der Waals surface area contributed by atoms with Crippen LogP contribution in [0, 0.1) is 6.92 Å². The number of hydrogen-bond donors (Lipinski definition) is 1. The van der Waals surface area contributed by atoms with Gasteiger partial charge in [-0.3, -0.25) is 14.5 Å². The third kappa shape index (κ3) is 5.71. The number of carbonyl (C=O) groups excluding carboxylic acids is 2. The van der Waals surface area contributed by atoms with Gasteiger partial charge < -0.3 is 24.2 Å². The normalized spacial score (nSPS) is 14.5. The van der Waals surface area contributed by atoms with Crippen LogP contribution in [0.2, 0.25) is 0 Å². The van der Waals surface area contributed by atoms with E-state index in [1.165, 1.54) is 0 Å². The summed E-state index contributed by atoms with van der Waals surface area (Å²) in [5, 5.41) is 6.63. The van der Waals surface area contributed by atoms with Crippen molar-refractivity contribution in [3.8, 4) is 11.5 Å². The number of amides is 2. The first kappa shape index (κ1) is 20.7. The Labute approximate surface area is 169 Å². The summed E-state index contributed by atoms with van der Waals surface area (Å²) in [5.41, 5.74) is 0.346. The fourth-order valence-corrected chi connectivity index (χ4v) is 3.09. The zero-order valence-corrected chi connectivity index (χ0v) is 16.7. The van der Waals surface area contributed by atoms with E-state index in [0.29, 0.717) is 49.1 Å². The summed E-state index contributed by atoms with van der Waals surface area (Å²) in [4.78, 5) is 28.3. The molecule has 3 rings (SSSR count). The molecule has 0 unspecified atom stereocenters.